The fourth-order valence-electron chi connectivity index (χ4n) is 16.1. The second-order valence-electron chi connectivity index (χ2n) is 29.9. The maximum atomic E-state index is 2.63. The largest absolute Gasteiger partial charge is 0.368 e. The predicted octanol–water partition coefficient (Wildman–Crippen LogP) is 48.4. The van der Waals surface area contributed by atoms with Crippen LogP contribution in [0.1, 0.15) is 459 Å². The van der Waals surface area contributed by atoms with E-state index in [9.17, 15) is 0 Å². The van der Waals surface area contributed by atoms with Gasteiger partial charge in [-0.2, -0.15) is 0 Å². The Hall–Kier alpha value is -7.52. The molecule has 0 radical (unpaired) electrons. The highest BCUT2D eigenvalue weighted by atomic mass is 15.2. The van der Waals surface area contributed by atoms with Crippen LogP contribution in [0.3, 0.4) is 0 Å². The van der Waals surface area contributed by atoms with Crippen molar-refractivity contribution in [3.05, 3.63) is 235 Å². The topological polar surface area (TPSA) is 6.48 Å². The zero-order valence-corrected chi connectivity index (χ0v) is 94.3. The summed E-state index contributed by atoms with van der Waals surface area (Å²) in [6, 6.07) is 80.4. The summed E-state index contributed by atoms with van der Waals surface area (Å²) in [5.41, 5.74) is 6.45. The number of anilines is 1. The summed E-state index contributed by atoms with van der Waals surface area (Å²) in [5.74, 6) is 7.79. The zero-order valence-electron chi connectivity index (χ0n) is 94.3. The second-order valence-corrected chi connectivity index (χ2v) is 29.9. The van der Waals surface area contributed by atoms with Crippen LogP contribution in [0.4, 0.5) is 5.69 Å². The highest BCUT2D eigenvalue weighted by Gasteiger charge is 2.39. The summed E-state index contributed by atoms with van der Waals surface area (Å²) in [6.07, 6.45) is 7.72. The molecule has 1 saturated heterocycles. The van der Waals surface area contributed by atoms with Crippen molar-refractivity contribution in [1.82, 2.24) is 4.90 Å². The summed E-state index contributed by atoms with van der Waals surface area (Å²) in [5, 5.41) is 21.3. The lowest BCUT2D eigenvalue weighted by atomic mass is 9.92. The molecule has 16 rings (SSSR count). The number of likely N-dealkylation sites (N-methyl/N-ethyl adjacent to an activating group) is 1. The first-order valence-corrected chi connectivity index (χ1v) is 53.4. The molecule has 0 aromatic heterocycles. The Morgan fingerprint density at radius 2 is 0.400 bits per heavy atom. The van der Waals surface area contributed by atoms with Crippen LogP contribution in [-0.4, -0.2) is 36.1 Å². The molecule has 2 aliphatic heterocycles. The number of rotatable bonds is 2. The van der Waals surface area contributed by atoms with Crippen molar-refractivity contribution in [2.45, 2.75) is 467 Å². The minimum atomic E-state index is 0. The number of benzene rings is 12. The van der Waals surface area contributed by atoms with E-state index in [1.807, 2.05) is 194 Å². The van der Waals surface area contributed by atoms with Gasteiger partial charge in [-0.05, 0) is 209 Å². The summed E-state index contributed by atoms with van der Waals surface area (Å²) in [4.78, 5) is 5.24. The highest BCUT2D eigenvalue weighted by molar-refractivity contribution is 6.26. The van der Waals surface area contributed by atoms with E-state index in [1.165, 1.54) is 131 Å². The van der Waals surface area contributed by atoms with Gasteiger partial charge < -0.3 is 4.90 Å². The van der Waals surface area contributed by atoms with E-state index >= 15 is 0 Å². The number of fused-ring (bicyclic) bond motifs is 17. The minimum Gasteiger partial charge on any atom is -0.368 e. The molecule has 12 aromatic carbocycles. The standard InChI is InChI=1S/2C18H12.C17H25N.C14H10.C10H21N.C9H18.4C3H8.14C2H6.7CH4/c2*1-2-8-14-13(7-1)15-9-3-4-11-17(15)18-12-6-5-10-16(14)18;1-6-18-13(5)12(4)15-8-7-14-11(3)10(2)9-16(14)17(15)18;1-2-6-12-10-14-8-4-3-7-13(14)9-11(12)5-1;1-6-11-9(4)7(2)8(3)10(11)5;1-6-5-7(2)9(4)8(6)3;4*1-3-2;14*1-2;;;;;;;/h2*1-12H;7-8,10-13H,6,9H2,1-5H3;1-10H;7-10H,6H2,1-5H3;6-9H,5H2,1-4H3;4*3H2,1-2H3;14*1-2H3;7*1H4/t;;10-,11-,12+,13-;;7-,8+,9-,10+;6-,7+,8-,9+;;;;;;;;;;;;;;;;;;;;;;;;;/m..0............................/s1. The van der Waals surface area contributed by atoms with Crippen LogP contribution >= 0.6 is 0 Å². The molecule has 2 aliphatic carbocycles. The highest BCUT2D eigenvalue weighted by Crippen LogP contribution is 2.50. The SMILES string of the molecule is C.C.C.C.C.C.C.CC.CC.CC.CC.CC.CC.CC.CC.CC.CC.CC.CC.CC.CC.CCC.CCC.CCC.CCC.CCN1[C@H](C)[C@H](C)[C@H](C)[C@@H]1C.CCN1c2c(ccc3c2C[C@H](C)[C@@H]3C)[C@H](C)[C@@H]1C.C[C@@H]1[C@H](C)[C@H](C)C[C@@H]1C.c1ccc2c(c1)c1ccccc1c1ccccc21.c1ccc2c(c1)c1ccccc1c1ccccc21.c1ccc2cc3ccccc3cc2c1. The first kappa shape index (κ1) is 161. The van der Waals surface area contributed by atoms with Gasteiger partial charge in [-0.25, -0.2) is 0 Å². The quantitative estimate of drug-likeness (QED) is 0.126. The van der Waals surface area contributed by atoms with Crippen molar-refractivity contribution in [2.75, 3.05) is 18.0 Å². The van der Waals surface area contributed by atoms with Gasteiger partial charge in [0.05, 0.1) is 0 Å². The van der Waals surface area contributed by atoms with Gasteiger partial charge >= 0.3 is 0 Å². The van der Waals surface area contributed by atoms with Gasteiger partial charge in [0.2, 0.25) is 0 Å². The van der Waals surface area contributed by atoms with Crippen LogP contribution in [0, 0.1) is 41.4 Å². The Morgan fingerprint density at radius 1 is 0.215 bits per heavy atom. The van der Waals surface area contributed by atoms with Crippen LogP contribution in [0.15, 0.2) is 218 Å². The molecule has 2 fully saturated rings. The van der Waals surface area contributed by atoms with Gasteiger partial charge in [0.15, 0.2) is 0 Å². The fraction of sp³-hybridized carbons (Fsp3) is 0.579. The second kappa shape index (κ2) is 104. The Bertz CT molecular complexity index is 3710. The van der Waals surface area contributed by atoms with E-state index in [2.05, 4.69) is 381 Å². The lowest BCUT2D eigenvalue weighted by molar-refractivity contribution is 0.209. The van der Waals surface area contributed by atoms with Crippen molar-refractivity contribution in [2.24, 2.45) is 41.4 Å². The molecular weight excluding hydrogens is 1630 g/mol. The number of nitrogens with zero attached hydrogens (tertiary/aromatic N) is 2. The van der Waals surface area contributed by atoms with Crippen LogP contribution in [0.25, 0.3) is 86.2 Å². The van der Waals surface area contributed by atoms with E-state index in [4.69, 9.17) is 0 Å². The Labute approximate surface area is 852 Å². The molecule has 0 amide bonds. The minimum absolute atomic E-state index is 0. The first-order valence-electron chi connectivity index (χ1n) is 53.4. The molecule has 4 aliphatic rings. The van der Waals surface area contributed by atoms with Gasteiger partial charge in [-0.1, -0.05) is 602 Å². The van der Waals surface area contributed by atoms with Crippen LogP contribution < -0.4 is 4.90 Å². The maximum absolute atomic E-state index is 2.63. The van der Waals surface area contributed by atoms with E-state index in [0.29, 0.717) is 12.0 Å². The van der Waals surface area contributed by atoms with Crippen molar-refractivity contribution in [3.8, 4) is 0 Å². The van der Waals surface area contributed by atoms with E-state index < -0.39 is 0 Å². The normalized spacial score (nSPS) is 17.1. The average molecular weight is 1870 g/mol. The Morgan fingerprint density at radius 3 is 0.563 bits per heavy atom. The van der Waals surface area contributed by atoms with Gasteiger partial charge in [0, 0.05) is 36.3 Å². The maximum Gasteiger partial charge on any atom is 0.0440 e. The summed E-state index contributed by atoms with van der Waals surface area (Å²) >= 11 is 0. The number of hydrogen-bond acceptors (Lipinski definition) is 2. The van der Waals surface area contributed by atoms with Gasteiger partial charge in [-0.15, -0.1) is 0 Å². The van der Waals surface area contributed by atoms with E-state index in [0.717, 1.165) is 66.0 Å². The summed E-state index contributed by atoms with van der Waals surface area (Å²) in [6.45, 7) is 108. The molecule has 0 bridgehead atoms. The third-order valence-corrected chi connectivity index (χ3v) is 22.6. The lowest BCUT2D eigenvalue weighted by Crippen LogP contribution is -2.34. The molecule has 12 aromatic rings. The van der Waals surface area contributed by atoms with Gasteiger partial charge in [-0.3, -0.25) is 4.90 Å². The van der Waals surface area contributed by atoms with Crippen molar-refractivity contribution in [3.63, 3.8) is 0 Å². The first-order chi connectivity index (χ1) is 62.3. The average Bonchev–Trinajstić information content (AvgIpc) is 1.53. The molecular formula is C133H242N2. The van der Waals surface area contributed by atoms with Crippen LogP contribution in [0.2, 0.25) is 0 Å². The van der Waals surface area contributed by atoms with Crippen molar-refractivity contribution in [1.29, 1.82) is 0 Å². The van der Waals surface area contributed by atoms with Crippen molar-refractivity contribution < 1.29 is 0 Å². The third-order valence-electron chi connectivity index (χ3n) is 22.6. The Kier molecular flexibility index (Phi) is 124. The number of likely N-dealkylation sites (tertiary alicyclic amines) is 1. The van der Waals surface area contributed by atoms with Crippen molar-refractivity contribution >= 4 is 91.9 Å². The van der Waals surface area contributed by atoms with E-state index in [1.54, 1.807) is 22.4 Å². The van der Waals surface area contributed by atoms with Gasteiger partial charge in [0.1, 0.15) is 0 Å². The van der Waals surface area contributed by atoms with Gasteiger partial charge in [0.25, 0.3) is 0 Å². The molecule has 0 unspecified atom stereocenters. The third kappa shape index (κ3) is 50.3. The molecule has 1 saturated carbocycles. The molecule has 12 atom stereocenters. The Balaban J connectivity index is -0.0000000912. The smallest absolute Gasteiger partial charge is 0.0440 e. The van der Waals surface area contributed by atoms with E-state index in [-0.39, 0.29) is 52.0 Å². The molecule has 0 spiro atoms. The number of hydrogen-bond donors (Lipinski definition) is 0. The summed E-state index contributed by atoms with van der Waals surface area (Å²) in [7, 11) is 0. The molecule has 135 heavy (non-hydrogen) atoms. The predicted molar refractivity (Wildman–Crippen MR) is 659 cm³/mol. The molecule has 2 heterocycles. The van der Waals surface area contributed by atoms with Crippen LogP contribution in [0.5, 0.6) is 0 Å². The lowest BCUT2D eigenvalue weighted by Gasteiger charge is -2.26. The molecule has 2 nitrogen and oxygen atoms in total. The molecule has 0 N–H and O–H groups in total. The monoisotopic (exact) mass is 1870 g/mol. The zero-order chi connectivity index (χ0) is 101. The molecule has 784 valence electrons. The summed E-state index contributed by atoms with van der Waals surface area (Å²) < 4.78 is 0. The molecule has 2 heteroatoms. The van der Waals surface area contributed by atoms with Crippen LogP contribution in [-0.2, 0) is 6.42 Å². The fourth-order valence-corrected chi connectivity index (χ4v) is 16.1.